The summed E-state index contributed by atoms with van der Waals surface area (Å²) < 4.78 is 7.28. The highest BCUT2D eigenvalue weighted by Crippen LogP contribution is 2.29. The molecule has 15 nitrogen and oxygen atoms in total. The molecule has 57 heavy (non-hydrogen) atoms. The molecule has 0 unspecified atom stereocenters. The van der Waals surface area contributed by atoms with Crippen molar-refractivity contribution >= 4 is 51.7 Å². The molecule has 2 aromatic heterocycles. The van der Waals surface area contributed by atoms with Crippen molar-refractivity contribution in [2.75, 3.05) is 55.6 Å². The minimum Gasteiger partial charge on any atom is -0.490 e. The van der Waals surface area contributed by atoms with Crippen LogP contribution in [0.25, 0.3) is 10.8 Å². The molecule has 0 radical (unpaired) electrons. The van der Waals surface area contributed by atoms with Crippen LogP contribution in [0, 0.1) is 17.2 Å². The zero-order valence-corrected chi connectivity index (χ0v) is 32.4. The maximum absolute atomic E-state index is 13.2. The maximum Gasteiger partial charge on any atom is 0.275 e. The van der Waals surface area contributed by atoms with Gasteiger partial charge in [-0.05, 0) is 81.2 Å². The number of fused-ring (bicyclic) bond motifs is 1. The minimum atomic E-state index is -0.783. The van der Waals surface area contributed by atoms with Gasteiger partial charge in [-0.1, -0.05) is 11.6 Å². The molecule has 1 aliphatic carbocycles. The van der Waals surface area contributed by atoms with Crippen LogP contribution in [-0.2, 0) is 9.59 Å². The predicted octanol–water partition coefficient (Wildman–Crippen LogP) is 3.85. The third-order valence-electron chi connectivity index (χ3n) is 11.7. The lowest BCUT2D eigenvalue weighted by Gasteiger charge is -2.39. The molecule has 1 atom stereocenters. The molecule has 1 saturated carbocycles. The second-order valence-electron chi connectivity index (χ2n) is 15.4. The number of anilines is 2. The SMILES string of the molecule is N#Cc1ccc(O[C@H]2CC[C@H](NC(=O)c3cnc(N4CCC(CN5CCN(c6ccc7c(=O)n([C@@H]8CCC(=O)NC8=O)ncc7c6)CC5)CC4)nc3)CC2)cc1Cl. The van der Waals surface area contributed by atoms with E-state index in [2.05, 4.69) is 46.5 Å². The monoisotopic (exact) mass is 792 g/mol. The molecule has 3 amide bonds. The van der Waals surface area contributed by atoms with Crippen molar-refractivity contribution in [3.05, 3.63) is 81.5 Å². The van der Waals surface area contributed by atoms with Crippen molar-refractivity contribution in [2.45, 2.75) is 69.6 Å². The number of aromatic nitrogens is 4. The lowest BCUT2D eigenvalue weighted by Crippen LogP contribution is -2.49. The van der Waals surface area contributed by atoms with Gasteiger partial charge in [0.25, 0.3) is 17.4 Å². The van der Waals surface area contributed by atoms with Crippen LogP contribution < -0.4 is 30.7 Å². The number of nitrogens with one attached hydrogen (secondary N) is 2. The first-order chi connectivity index (χ1) is 27.7. The lowest BCUT2D eigenvalue weighted by atomic mass is 9.92. The smallest absolute Gasteiger partial charge is 0.275 e. The average Bonchev–Trinajstić information content (AvgIpc) is 3.23. The number of piperidine rings is 2. The largest absolute Gasteiger partial charge is 0.490 e. The molecule has 2 N–H and O–H groups in total. The fourth-order valence-corrected chi connectivity index (χ4v) is 8.62. The van der Waals surface area contributed by atoms with Crippen LogP contribution in [0.4, 0.5) is 11.6 Å². The van der Waals surface area contributed by atoms with Gasteiger partial charge in [0.05, 0.1) is 33.8 Å². The number of benzene rings is 2. The van der Waals surface area contributed by atoms with Crippen molar-refractivity contribution in [1.82, 2.24) is 35.3 Å². The van der Waals surface area contributed by atoms with Crippen LogP contribution in [-0.4, -0.2) is 100 Å². The summed E-state index contributed by atoms with van der Waals surface area (Å²) in [6, 6.07) is 12.2. The van der Waals surface area contributed by atoms with Gasteiger partial charge in [-0.15, -0.1) is 0 Å². The first-order valence-electron chi connectivity index (χ1n) is 19.8. The zero-order chi connectivity index (χ0) is 39.5. The third kappa shape index (κ3) is 8.72. The van der Waals surface area contributed by atoms with Crippen LogP contribution >= 0.6 is 11.6 Å². The standard InChI is InChI=1S/C41H45ClN10O5/c42-35-20-33(5-1-27(35)21-43)57-32-6-2-30(3-7-32)47-38(54)29-22-44-41(45-23-29)51-13-11-26(12-14-51)25-49-15-17-50(18-16-49)31-4-8-34-28(19-31)24-46-52(40(34)56)36-9-10-37(53)48-39(36)55/h1,4-5,8,19-20,22-24,26,30,32,36H,2-3,6-7,9-18,25H2,(H,47,54)(H,48,53,55)/t30-,32-,36-/m1/s1. The van der Waals surface area contributed by atoms with Crippen LogP contribution in [0.15, 0.2) is 59.8 Å². The van der Waals surface area contributed by atoms with Gasteiger partial charge in [0.2, 0.25) is 11.9 Å². The molecular weight excluding hydrogens is 748 g/mol. The highest BCUT2D eigenvalue weighted by Gasteiger charge is 2.31. The Morgan fingerprint density at radius 3 is 2.35 bits per heavy atom. The number of carbonyl (C=O) groups excluding carboxylic acids is 3. The second kappa shape index (κ2) is 16.9. The van der Waals surface area contributed by atoms with Crippen molar-refractivity contribution in [1.29, 1.82) is 5.26 Å². The number of imide groups is 1. The number of hydrogen-bond acceptors (Lipinski definition) is 12. The fourth-order valence-electron chi connectivity index (χ4n) is 8.40. The van der Waals surface area contributed by atoms with E-state index in [0.29, 0.717) is 39.2 Å². The van der Waals surface area contributed by atoms with Gasteiger partial charge in [0.15, 0.2) is 0 Å². The Hall–Kier alpha value is -5.59. The average molecular weight is 793 g/mol. The number of carbonyl (C=O) groups is 3. The zero-order valence-electron chi connectivity index (χ0n) is 31.6. The molecule has 4 aromatic rings. The van der Waals surface area contributed by atoms with Crippen molar-refractivity contribution in [3.63, 3.8) is 0 Å². The summed E-state index contributed by atoms with van der Waals surface area (Å²) >= 11 is 6.15. The van der Waals surface area contributed by atoms with E-state index in [1.807, 2.05) is 18.2 Å². The van der Waals surface area contributed by atoms with E-state index < -0.39 is 11.9 Å². The number of rotatable bonds is 9. The van der Waals surface area contributed by atoms with E-state index >= 15 is 0 Å². The fraction of sp³-hybridized carbons (Fsp3) is 0.463. The van der Waals surface area contributed by atoms with Gasteiger partial charge >= 0.3 is 0 Å². The van der Waals surface area contributed by atoms with Crippen LogP contribution in [0.1, 0.15) is 73.3 Å². The van der Waals surface area contributed by atoms with Gasteiger partial charge in [0.1, 0.15) is 17.9 Å². The molecule has 3 saturated heterocycles. The number of halogens is 1. The molecule has 3 aliphatic heterocycles. The Bertz CT molecular complexity index is 2240. The Labute approximate surface area is 334 Å². The topological polar surface area (TPSA) is 179 Å². The van der Waals surface area contributed by atoms with E-state index in [1.165, 1.54) is 4.68 Å². The van der Waals surface area contributed by atoms with Crippen molar-refractivity contribution < 1.29 is 19.1 Å². The third-order valence-corrected chi connectivity index (χ3v) is 12.0. The summed E-state index contributed by atoms with van der Waals surface area (Å²) in [6.45, 7) is 6.43. The van der Waals surface area contributed by atoms with Crippen LogP contribution in [0.2, 0.25) is 5.02 Å². The number of nitriles is 1. The van der Waals surface area contributed by atoms with E-state index in [9.17, 15) is 19.2 Å². The van der Waals surface area contributed by atoms with Gasteiger partial charge in [-0.2, -0.15) is 10.4 Å². The van der Waals surface area contributed by atoms with Gasteiger partial charge in [-0.3, -0.25) is 29.4 Å². The Balaban J connectivity index is 0.756. The summed E-state index contributed by atoms with van der Waals surface area (Å²) in [5.41, 5.74) is 1.58. The van der Waals surface area contributed by atoms with Crippen molar-refractivity contribution in [2.24, 2.45) is 5.92 Å². The van der Waals surface area contributed by atoms with E-state index in [1.54, 1.807) is 36.8 Å². The number of ether oxygens (including phenoxy) is 1. The molecule has 4 fully saturated rings. The molecule has 296 valence electrons. The van der Waals surface area contributed by atoms with E-state index in [4.69, 9.17) is 21.6 Å². The highest BCUT2D eigenvalue weighted by molar-refractivity contribution is 6.31. The van der Waals surface area contributed by atoms with E-state index in [0.717, 1.165) is 95.4 Å². The summed E-state index contributed by atoms with van der Waals surface area (Å²) in [5, 5.41) is 20.4. The molecule has 2 aromatic carbocycles. The summed E-state index contributed by atoms with van der Waals surface area (Å²) in [5.74, 6) is 0.893. The van der Waals surface area contributed by atoms with Crippen molar-refractivity contribution in [3.8, 4) is 11.8 Å². The number of nitrogens with zero attached hydrogens (tertiary/aromatic N) is 8. The minimum absolute atomic E-state index is 0.0292. The molecular formula is C41H45ClN10O5. The van der Waals surface area contributed by atoms with Gasteiger partial charge in [0, 0.05) is 87.8 Å². The highest BCUT2D eigenvalue weighted by atomic mass is 35.5. The molecule has 0 bridgehead atoms. The van der Waals surface area contributed by atoms with Crippen LogP contribution in [0.3, 0.4) is 0 Å². The summed E-state index contributed by atoms with van der Waals surface area (Å²) in [7, 11) is 0. The summed E-state index contributed by atoms with van der Waals surface area (Å²) in [4.78, 5) is 66.3. The predicted molar refractivity (Wildman–Crippen MR) is 213 cm³/mol. The molecule has 8 rings (SSSR count). The first-order valence-corrected chi connectivity index (χ1v) is 20.2. The number of hydrogen-bond donors (Lipinski definition) is 2. The number of piperazine rings is 1. The Kier molecular flexibility index (Phi) is 11.3. The molecule has 4 aliphatic rings. The first kappa shape index (κ1) is 38.3. The van der Waals surface area contributed by atoms with E-state index in [-0.39, 0.29) is 42.4 Å². The number of amides is 3. The molecule has 5 heterocycles. The Morgan fingerprint density at radius 2 is 1.65 bits per heavy atom. The van der Waals surface area contributed by atoms with Gasteiger partial charge < -0.3 is 19.9 Å². The molecule has 0 spiro atoms. The van der Waals surface area contributed by atoms with Gasteiger partial charge in [-0.25, -0.2) is 14.6 Å². The maximum atomic E-state index is 13.2. The molecule has 16 heteroatoms. The second-order valence-corrected chi connectivity index (χ2v) is 15.8. The summed E-state index contributed by atoms with van der Waals surface area (Å²) in [6.07, 6.45) is 10.6. The Morgan fingerprint density at radius 1 is 0.895 bits per heavy atom. The normalized spacial score (nSPS) is 22.2. The quantitative estimate of drug-likeness (QED) is 0.235. The van der Waals surface area contributed by atoms with Crippen LogP contribution in [0.5, 0.6) is 5.75 Å². The lowest BCUT2D eigenvalue weighted by molar-refractivity contribution is -0.136.